The number of aliphatic hydroxyl groups excluding tert-OH is 1. The first-order valence-corrected chi connectivity index (χ1v) is 11.5. The van der Waals surface area contributed by atoms with Crippen molar-refractivity contribution in [3.63, 3.8) is 0 Å². The first-order valence-electron chi connectivity index (χ1n) is 11.5. The molecule has 0 radical (unpaired) electrons. The van der Waals surface area contributed by atoms with Crippen molar-refractivity contribution in [1.29, 1.82) is 0 Å². The van der Waals surface area contributed by atoms with Gasteiger partial charge in [0, 0.05) is 19.6 Å². The zero-order valence-electron chi connectivity index (χ0n) is 18.9. The molecule has 3 aliphatic rings. The van der Waals surface area contributed by atoms with Gasteiger partial charge in [0.25, 0.3) is 0 Å². The van der Waals surface area contributed by atoms with Gasteiger partial charge in [-0.3, -0.25) is 0 Å². The van der Waals surface area contributed by atoms with Gasteiger partial charge in [0.05, 0.1) is 6.10 Å². The zero-order chi connectivity index (χ0) is 20.5. The highest BCUT2D eigenvalue weighted by atomic mass is 16.5. The molecule has 3 fully saturated rings. The molecular weight excluding hydrogens is 344 g/mol. The van der Waals surface area contributed by atoms with Gasteiger partial charge in [0.15, 0.2) is 0 Å². The largest absolute Gasteiger partial charge is 0.396 e. The lowest BCUT2D eigenvalue weighted by Gasteiger charge is -2.48. The highest BCUT2D eigenvalue weighted by Gasteiger charge is 2.53. The average Bonchev–Trinajstić information content (AvgIpc) is 3.05. The molecule has 5 atom stereocenters. The molecule has 2 nitrogen and oxygen atoms in total. The molecule has 0 saturated heterocycles. The van der Waals surface area contributed by atoms with Gasteiger partial charge in [-0.2, -0.15) is 0 Å². The van der Waals surface area contributed by atoms with Crippen LogP contribution >= 0.6 is 0 Å². The van der Waals surface area contributed by atoms with E-state index in [9.17, 15) is 5.11 Å². The first-order chi connectivity index (χ1) is 13.3. The number of hydrogen-bond donors (Lipinski definition) is 1. The van der Waals surface area contributed by atoms with E-state index >= 15 is 0 Å². The van der Waals surface area contributed by atoms with Crippen LogP contribution < -0.4 is 0 Å². The average molecular weight is 387 g/mol. The van der Waals surface area contributed by atoms with E-state index in [2.05, 4.69) is 46.4 Å². The number of allylic oxidation sites excluding steroid dienone is 3. The molecule has 0 aromatic carbocycles. The highest BCUT2D eigenvalue weighted by Crippen LogP contribution is 2.62. The quantitative estimate of drug-likeness (QED) is 0.549. The maximum atomic E-state index is 9.74. The van der Waals surface area contributed by atoms with Gasteiger partial charge in [0.1, 0.15) is 0 Å². The van der Waals surface area contributed by atoms with Gasteiger partial charge in [-0.05, 0) is 73.2 Å². The predicted molar refractivity (Wildman–Crippen MR) is 118 cm³/mol. The van der Waals surface area contributed by atoms with Crippen molar-refractivity contribution >= 4 is 0 Å². The first kappa shape index (κ1) is 21.8. The molecule has 0 unspecified atom stereocenters. The summed E-state index contributed by atoms with van der Waals surface area (Å²) < 4.78 is 5.63. The van der Waals surface area contributed by atoms with Gasteiger partial charge in [0.2, 0.25) is 0 Å². The molecule has 3 saturated carbocycles. The summed E-state index contributed by atoms with van der Waals surface area (Å²) in [6, 6.07) is 0. The minimum atomic E-state index is 0.0494. The van der Waals surface area contributed by atoms with Crippen molar-refractivity contribution < 1.29 is 9.84 Å². The van der Waals surface area contributed by atoms with Crippen LogP contribution in [0.1, 0.15) is 79.1 Å². The fourth-order valence-electron chi connectivity index (χ4n) is 6.71. The summed E-state index contributed by atoms with van der Waals surface area (Å²) in [4.78, 5) is 0. The van der Waals surface area contributed by atoms with E-state index in [1.54, 1.807) is 12.7 Å². The molecular formula is C26H42O2. The molecule has 28 heavy (non-hydrogen) atoms. The fourth-order valence-corrected chi connectivity index (χ4v) is 6.71. The molecule has 1 N–H and O–H groups in total. The van der Waals surface area contributed by atoms with E-state index in [-0.39, 0.29) is 18.6 Å². The van der Waals surface area contributed by atoms with Gasteiger partial charge >= 0.3 is 0 Å². The second kappa shape index (κ2) is 8.48. The van der Waals surface area contributed by atoms with Crippen molar-refractivity contribution in [3.05, 3.63) is 35.5 Å². The van der Waals surface area contributed by atoms with Crippen molar-refractivity contribution in [3.8, 4) is 0 Å². The van der Waals surface area contributed by atoms with Crippen LogP contribution in [0.15, 0.2) is 35.5 Å². The van der Waals surface area contributed by atoms with Crippen LogP contribution in [0.5, 0.6) is 0 Å². The Morgan fingerprint density at radius 3 is 2.64 bits per heavy atom. The van der Waals surface area contributed by atoms with E-state index in [1.807, 2.05) is 0 Å². The molecule has 0 bridgehead atoms. The molecule has 0 heterocycles. The minimum absolute atomic E-state index is 0.0494. The Morgan fingerprint density at radius 1 is 1.25 bits per heavy atom. The summed E-state index contributed by atoms with van der Waals surface area (Å²) in [7, 11) is 1.76. The monoisotopic (exact) mass is 386 g/mol. The zero-order valence-corrected chi connectivity index (χ0v) is 18.9. The number of ether oxygens (including phenoxy) is 1. The Balaban J connectivity index is 1.81. The summed E-state index contributed by atoms with van der Waals surface area (Å²) in [5.41, 5.74) is 5.04. The summed E-state index contributed by atoms with van der Waals surface area (Å²) in [5.74, 6) is 1.72. The fraction of sp³-hybridized carbons (Fsp3) is 0.769. The van der Waals surface area contributed by atoms with E-state index in [1.165, 1.54) is 44.1 Å². The Kier molecular flexibility index (Phi) is 6.61. The van der Waals surface area contributed by atoms with Crippen LogP contribution in [0.3, 0.4) is 0 Å². The third kappa shape index (κ3) is 3.92. The van der Waals surface area contributed by atoms with Gasteiger partial charge in [-0.1, -0.05) is 64.0 Å². The lowest BCUT2D eigenvalue weighted by atomic mass is 9.57. The van der Waals surface area contributed by atoms with Crippen LogP contribution in [0, 0.1) is 28.6 Å². The highest BCUT2D eigenvalue weighted by molar-refractivity contribution is 5.29. The van der Waals surface area contributed by atoms with E-state index in [0.29, 0.717) is 10.8 Å². The third-order valence-electron chi connectivity index (χ3n) is 8.75. The normalized spacial score (nSPS) is 39.6. The molecule has 0 aromatic heterocycles. The summed E-state index contributed by atoms with van der Waals surface area (Å²) in [5, 5.41) is 9.74. The van der Waals surface area contributed by atoms with Crippen LogP contribution in [0.4, 0.5) is 0 Å². The Labute approximate surface area is 173 Å². The molecule has 0 aliphatic heterocycles. The molecule has 0 aromatic rings. The van der Waals surface area contributed by atoms with Gasteiger partial charge in [-0.15, -0.1) is 0 Å². The maximum absolute atomic E-state index is 9.74. The summed E-state index contributed by atoms with van der Waals surface area (Å²) >= 11 is 0. The van der Waals surface area contributed by atoms with Crippen molar-refractivity contribution in [2.24, 2.45) is 28.6 Å². The van der Waals surface area contributed by atoms with E-state index in [0.717, 1.165) is 30.3 Å². The molecule has 0 amide bonds. The van der Waals surface area contributed by atoms with E-state index in [4.69, 9.17) is 4.74 Å². The number of methoxy groups -OCH3 is 1. The Hall–Kier alpha value is -0.860. The van der Waals surface area contributed by atoms with Crippen LogP contribution in [0.25, 0.3) is 0 Å². The molecule has 158 valence electrons. The number of fused-ring (bicyclic) bond motifs is 1. The van der Waals surface area contributed by atoms with Gasteiger partial charge < -0.3 is 9.84 Å². The lowest BCUT2D eigenvalue weighted by Crippen LogP contribution is -2.39. The molecule has 0 spiro atoms. The van der Waals surface area contributed by atoms with Gasteiger partial charge in [-0.25, -0.2) is 0 Å². The van der Waals surface area contributed by atoms with Crippen LogP contribution in [-0.4, -0.2) is 24.9 Å². The number of rotatable bonds is 5. The van der Waals surface area contributed by atoms with Crippen molar-refractivity contribution in [2.75, 3.05) is 13.7 Å². The van der Waals surface area contributed by atoms with E-state index < -0.39 is 0 Å². The summed E-state index contributed by atoms with van der Waals surface area (Å²) in [6.45, 7) is 14.3. The second-order valence-corrected chi connectivity index (χ2v) is 10.5. The number of aliphatic hydroxyl groups is 1. The third-order valence-corrected chi connectivity index (χ3v) is 8.75. The van der Waals surface area contributed by atoms with Crippen LogP contribution in [-0.2, 0) is 4.74 Å². The Bertz CT molecular complexity index is 623. The Morgan fingerprint density at radius 2 is 2.00 bits per heavy atom. The summed E-state index contributed by atoms with van der Waals surface area (Å²) in [6.07, 6.45) is 14.7. The topological polar surface area (TPSA) is 29.5 Å². The van der Waals surface area contributed by atoms with Crippen molar-refractivity contribution in [2.45, 2.75) is 85.2 Å². The predicted octanol–water partition coefficient (Wildman–Crippen LogP) is 6.47. The minimum Gasteiger partial charge on any atom is -0.396 e. The van der Waals surface area contributed by atoms with Crippen LogP contribution in [0.2, 0.25) is 0 Å². The number of hydrogen-bond acceptors (Lipinski definition) is 2. The lowest BCUT2D eigenvalue weighted by molar-refractivity contribution is 0.0435. The maximum Gasteiger partial charge on any atom is 0.0819 e. The SMILES string of the molecule is C=C1[C@H](CO)C/C(=C/C=C2\CCC[C@]3(C)[C@@H](C(C)(C)CC)CC[C@@H]23)C[C@H]1OC. The smallest absolute Gasteiger partial charge is 0.0819 e. The van der Waals surface area contributed by atoms with Crippen molar-refractivity contribution in [1.82, 2.24) is 0 Å². The molecule has 3 aliphatic carbocycles. The second-order valence-electron chi connectivity index (χ2n) is 10.5. The molecule has 2 heteroatoms. The molecule has 3 rings (SSSR count). The standard InChI is InChI=1S/C26H42O2/c1-7-25(3,4)24-13-12-22-20(9-8-14-26(22,24)5)11-10-19-15-21(17-27)18(2)23(16-19)28-6/h10-11,21-24,27H,2,7-9,12-17H2,1,3-6H3/b19-10-,20-11+/t21-,22-,23+,24+,26-/m0/s1.